The van der Waals surface area contributed by atoms with Crippen LogP contribution in [0.1, 0.15) is 11.8 Å². The Morgan fingerprint density at radius 1 is 1.18 bits per heavy atom. The smallest absolute Gasteiger partial charge is 0.0300 e. The maximum Gasteiger partial charge on any atom is 0.0300 e. The molecule has 1 aromatic heterocycles. The van der Waals surface area contributed by atoms with Crippen molar-refractivity contribution >= 4 is 23.1 Å². The molecular weight excluding hydrogens is 246 g/mol. The molecule has 0 saturated carbocycles. The molecule has 90 valence electrons. The van der Waals surface area contributed by atoms with Crippen molar-refractivity contribution in [3.05, 3.63) is 52.7 Å². The second-order valence-electron chi connectivity index (χ2n) is 3.95. The van der Waals surface area contributed by atoms with E-state index < -0.39 is 0 Å². The van der Waals surface area contributed by atoms with E-state index in [2.05, 4.69) is 60.1 Å². The lowest BCUT2D eigenvalue weighted by atomic mass is 10.4. The zero-order chi connectivity index (χ0) is 11.9. The zero-order valence-electron chi connectivity index (χ0n) is 9.93. The highest BCUT2D eigenvalue weighted by molar-refractivity contribution is 8.00. The zero-order valence-corrected chi connectivity index (χ0v) is 11.6. The molecule has 0 amide bonds. The van der Waals surface area contributed by atoms with Crippen LogP contribution in [0.25, 0.3) is 0 Å². The van der Waals surface area contributed by atoms with Crippen molar-refractivity contribution < 1.29 is 0 Å². The average Bonchev–Trinajstić information content (AvgIpc) is 2.83. The molecule has 2 aromatic rings. The second-order valence-corrected chi connectivity index (χ2v) is 6.50. The summed E-state index contributed by atoms with van der Waals surface area (Å²) in [5.74, 6) is 0. The first-order chi connectivity index (χ1) is 8.34. The van der Waals surface area contributed by atoms with Crippen LogP contribution in [-0.4, -0.2) is 11.8 Å². The summed E-state index contributed by atoms with van der Waals surface area (Å²) < 4.78 is 0. The van der Waals surface area contributed by atoms with Crippen LogP contribution in [-0.2, 0) is 6.54 Å². The number of thiophene rings is 1. The lowest BCUT2D eigenvalue weighted by Crippen LogP contribution is -2.21. The second kappa shape index (κ2) is 6.84. The van der Waals surface area contributed by atoms with Crippen LogP contribution < -0.4 is 5.32 Å². The van der Waals surface area contributed by atoms with Crippen molar-refractivity contribution in [1.82, 2.24) is 5.32 Å². The van der Waals surface area contributed by atoms with Crippen molar-refractivity contribution in [2.45, 2.75) is 23.6 Å². The minimum Gasteiger partial charge on any atom is -0.311 e. The summed E-state index contributed by atoms with van der Waals surface area (Å²) in [5.41, 5.74) is 0. The van der Waals surface area contributed by atoms with Crippen molar-refractivity contribution in [3.63, 3.8) is 0 Å². The lowest BCUT2D eigenvalue weighted by Gasteiger charge is -2.11. The van der Waals surface area contributed by atoms with Gasteiger partial charge in [0.2, 0.25) is 0 Å². The topological polar surface area (TPSA) is 12.0 Å². The van der Waals surface area contributed by atoms with Crippen LogP contribution >= 0.6 is 23.1 Å². The van der Waals surface area contributed by atoms with Gasteiger partial charge in [-0.1, -0.05) is 31.2 Å². The predicted octanol–water partition coefficient (Wildman–Crippen LogP) is 4.02. The molecular formula is C14H17NS2. The Hall–Kier alpha value is -0.770. The first kappa shape index (κ1) is 12.7. The van der Waals surface area contributed by atoms with Gasteiger partial charge >= 0.3 is 0 Å². The van der Waals surface area contributed by atoms with E-state index >= 15 is 0 Å². The first-order valence-electron chi connectivity index (χ1n) is 5.79. The Kier molecular flexibility index (Phi) is 5.10. The fraction of sp³-hybridized carbons (Fsp3) is 0.286. The quantitative estimate of drug-likeness (QED) is 0.790. The predicted molar refractivity (Wildman–Crippen MR) is 77.8 cm³/mol. The number of rotatable bonds is 6. The Bertz CT molecular complexity index is 411. The Morgan fingerprint density at radius 3 is 2.71 bits per heavy atom. The van der Waals surface area contributed by atoms with Crippen LogP contribution in [0.3, 0.4) is 0 Å². The first-order valence-corrected chi connectivity index (χ1v) is 7.55. The summed E-state index contributed by atoms with van der Waals surface area (Å²) in [4.78, 5) is 2.75. The minimum atomic E-state index is 0.595. The van der Waals surface area contributed by atoms with Gasteiger partial charge in [0.25, 0.3) is 0 Å². The molecule has 1 aromatic carbocycles. The van der Waals surface area contributed by atoms with E-state index in [9.17, 15) is 0 Å². The Balaban J connectivity index is 1.69. The van der Waals surface area contributed by atoms with Gasteiger partial charge in [0, 0.05) is 28.1 Å². The van der Waals surface area contributed by atoms with Gasteiger partial charge in [-0.3, -0.25) is 0 Å². The molecule has 0 aliphatic heterocycles. The van der Waals surface area contributed by atoms with Gasteiger partial charge in [-0.2, -0.15) is 0 Å². The highest BCUT2D eigenvalue weighted by atomic mass is 32.2. The number of hydrogen-bond donors (Lipinski definition) is 1. The van der Waals surface area contributed by atoms with Gasteiger partial charge in [-0.05, 0) is 23.6 Å². The molecule has 17 heavy (non-hydrogen) atoms. The summed E-state index contributed by atoms with van der Waals surface area (Å²) in [6.07, 6.45) is 0. The molecule has 1 nitrogen and oxygen atoms in total. The van der Waals surface area contributed by atoms with Crippen LogP contribution in [0.5, 0.6) is 0 Å². The van der Waals surface area contributed by atoms with Crippen molar-refractivity contribution in [2.24, 2.45) is 0 Å². The van der Waals surface area contributed by atoms with Crippen LogP contribution in [0.2, 0.25) is 0 Å². The molecule has 0 aliphatic carbocycles. The monoisotopic (exact) mass is 263 g/mol. The maximum absolute atomic E-state index is 3.50. The summed E-state index contributed by atoms with van der Waals surface area (Å²) in [6, 6.07) is 14.9. The number of nitrogens with one attached hydrogen (secondary N) is 1. The van der Waals surface area contributed by atoms with Crippen molar-refractivity contribution in [2.75, 3.05) is 6.54 Å². The Labute approximate surface area is 111 Å². The SMILES string of the molecule is CC(CNCc1cccs1)Sc1ccccc1. The Morgan fingerprint density at radius 2 is 2.00 bits per heavy atom. The van der Waals surface area contributed by atoms with Gasteiger partial charge < -0.3 is 5.32 Å². The summed E-state index contributed by atoms with van der Waals surface area (Å²) in [6.45, 7) is 4.29. The molecule has 1 N–H and O–H groups in total. The van der Waals surface area contributed by atoms with Crippen LogP contribution in [0.15, 0.2) is 52.7 Å². The number of thioether (sulfide) groups is 1. The van der Waals surface area contributed by atoms with Gasteiger partial charge in [0.1, 0.15) is 0 Å². The van der Waals surface area contributed by atoms with Crippen LogP contribution in [0.4, 0.5) is 0 Å². The largest absolute Gasteiger partial charge is 0.311 e. The van der Waals surface area contributed by atoms with Gasteiger partial charge in [0.15, 0.2) is 0 Å². The third-order valence-corrected chi connectivity index (χ3v) is 4.38. The third kappa shape index (κ3) is 4.54. The highest BCUT2D eigenvalue weighted by Gasteiger charge is 2.03. The molecule has 0 spiro atoms. The van der Waals surface area contributed by atoms with Gasteiger partial charge in [-0.25, -0.2) is 0 Å². The summed E-state index contributed by atoms with van der Waals surface area (Å²) >= 11 is 3.73. The highest BCUT2D eigenvalue weighted by Crippen LogP contribution is 2.22. The molecule has 1 unspecified atom stereocenters. The van der Waals surface area contributed by atoms with E-state index in [0.717, 1.165) is 13.1 Å². The van der Waals surface area contributed by atoms with E-state index in [1.165, 1.54) is 9.77 Å². The summed E-state index contributed by atoms with van der Waals surface area (Å²) in [7, 11) is 0. The standard InChI is InChI=1S/C14H17NS2/c1-12(17-13-6-3-2-4-7-13)10-15-11-14-8-5-9-16-14/h2-9,12,15H,10-11H2,1H3. The lowest BCUT2D eigenvalue weighted by molar-refractivity contribution is 0.690. The fourth-order valence-electron chi connectivity index (χ4n) is 1.58. The molecule has 0 radical (unpaired) electrons. The fourth-order valence-corrected chi connectivity index (χ4v) is 3.24. The molecule has 2 rings (SSSR count). The average molecular weight is 263 g/mol. The molecule has 0 aliphatic rings. The molecule has 0 saturated heterocycles. The molecule has 1 atom stereocenters. The normalized spacial score (nSPS) is 12.5. The van der Waals surface area contributed by atoms with Gasteiger partial charge in [0.05, 0.1) is 0 Å². The van der Waals surface area contributed by atoms with E-state index in [1.807, 2.05) is 23.1 Å². The number of benzene rings is 1. The van der Waals surface area contributed by atoms with Crippen molar-refractivity contribution in [3.8, 4) is 0 Å². The molecule has 0 fully saturated rings. The molecule has 0 bridgehead atoms. The van der Waals surface area contributed by atoms with Crippen molar-refractivity contribution in [1.29, 1.82) is 0 Å². The molecule has 1 heterocycles. The third-order valence-electron chi connectivity index (χ3n) is 2.39. The minimum absolute atomic E-state index is 0.595. The van der Waals surface area contributed by atoms with E-state index in [-0.39, 0.29) is 0 Å². The number of hydrogen-bond acceptors (Lipinski definition) is 3. The summed E-state index contributed by atoms with van der Waals surface area (Å²) in [5, 5.41) is 6.22. The van der Waals surface area contributed by atoms with E-state index in [4.69, 9.17) is 0 Å². The van der Waals surface area contributed by atoms with E-state index in [0.29, 0.717) is 5.25 Å². The van der Waals surface area contributed by atoms with Gasteiger partial charge in [-0.15, -0.1) is 23.1 Å². The molecule has 3 heteroatoms. The van der Waals surface area contributed by atoms with Crippen LogP contribution in [0, 0.1) is 0 Å². The maximum atomic E-state index is 3.50. The van der Waals surface area contributed by atoms with E-state index in [1.54, 1.807) is 0 Å².